The minimum Gasteiger partial charge on any atom is -0.377 e. The van der Waals surface area contributed by atoms with Gasteiger partial charge in [0, 0.05) is 19.1 Å². The van der Waals surface area contributed by atoms with Crippen LogP contribution in [-0.4, -0.2) is 25.3 Å². The summed E-state index contributed by atoms with van der Waals surface area (Å²) in [4.78, 5) is 0. The standard InChI is InChI=1S/C13H23NO/c1-4-7-8-12(14-5-2)13(15-6-3)11-9-10-11/h1,11-14H,5-10H2,2-3H3. The van der Waals surface area contributed by atoms with Crippen LogP contribution in [0.5, 0.6) is 0 Å². The minimum absolute atomic E-state index is 0.378. The topological polar surface area (TPSA) is 21.3 Å². The summed E-state index contributed by atoms with van der Waals surface area (Å²) in [5.74, 6) is 3.49. The van der Waals surface area contributed by atoms with E-state index in [1.807, 2.05) is 0 Å². The number of rotatable bonds is 8. The smallest absolute Gasteiger partial charge is 0.0756 e. The number of likely N-dealkylation sites (N-methyl/N-ethyl adjacent to an activating group) is 1. The van der Waals surface area contributed by atoms with Crippen molar-refractivity contribution in [3.05, 3.63) is 0 Å². The maximum atomic E-state index is 5.85. The van der Waals surface area contributed by atoms with Crippen molar-refractivity contribution in [2.45, 2.75) is 51.7 Å². The molecule has 2 nitrogen and oxygen atoms in total. The molecule has 0 radical (unpaired) electrons. The van der Waals surface area contributed by atoms with Gasteiger partial charge < -0.3 is 10.1 Å². The fourth-order valence-electron chi connectivity index (χ4n) is 2.08. The van der Waals surface area contributed by atoms with Crippen molar-refractivity contribution >= 4 is 0 Å². The molecule has 0 bridgehead atoms. The van der Waals surface area contributed by atoms with Crippen LogP contribution in [0.2, 0.25) is 0 Å². The summed E-state index contributed by atoms with van der Waals surface area (Å²) in [7, 11) is 0. The van der Waals surface area contributed by atoms with Gasteiger partial charge in [-0.25, -0.2) is 0 Å². The average Bonchev–Trinajstić information content (AvgIpc) is 3.05. The number of ether oxygens (including phenoxy) is 1. The lowest BCUT2D eigenvalue weighted by atomic mass is 10.0. The predicted octanol–water partition coefficient (Wildman–Crippen LogP) is 2.19. The average molecular weight is 209 g/mol. The van der Waals surface area contributed by atoms with Gasteiger partial charge in [0.2, 0.25) is 0 Å². The second kappa shape index (κ2) is 6.87. The van der Waals surface area contributed by atoms with Crippen LogP contribution in [0.15, 0.2) is 0 Å². The lowest BCUT2D eigenvalue weighted by molar-refractivity contribution is 0.0178. The van der Waals surface area contributed by atoms with E-state index in [0.29, 0.717) is 12.1 Å². The lowest BCUT2D eigenvalue weighted by Crippen LogP contribution is -2.42. The van der Waals surface area contributed by atoms with E-state index in [1.165, 1.54) is 12.8 Å². The first kappa shape index (κ1) is 12.5. The van der Waals surface area contributed by atoms with E-state index in [2.05, 4.69) is 25.1 Å². The first-order chi connectivity index (χ1) is 7.33. The molecule has 2 unspecified atom stereocenters. The highest BCUT2D eigenvalue weighted by atomic mass is 16.5. The molecule has 0 saturated heterocycles. The molecular formula is C13H23NO. The molecular weight excluding hydrogens is 186 g/mol. The van der Waals surface area contributed by atoms with Gasteiger partial charge in [0.1, 0.15) is 0 Å². The largest absolute Gasteiger partial charge is 0.377 e. The van der Waals surface area contributed by atoms with E-state index in [9.17, 15) is 0 Å². The summed E-state index contributed by atoms with van der Waals surface area (Å²) in [6.45, 7) is 6.00. The third-order valence-corrected chi connectivity index (χ3v) is 2.91. The molecule has 1 aliphatic carbocycles. The second-order valence-corrected chi connectivity index (χ2v) is 4.16. The highest BCUT2D eigenvalue weighted by Gasteiger charge is 2.36. The van der Waals surface area contributed by atoms with Gasteiger partial charge in [0.15, 0.2) is 0 Å². The molecule has 1 fully saturated rings. The molecule has 0 aromatic rings. The Kier molecular flexibility index (Phi) is 5.75. The first-order valence-electron chi connectivity index (χ1n) is 6.11. The Hall–Kier alpha value is -0.520. The van der Waals surface area contributed by atoms with Gasteiger partial charge in [-0.1, -0.05) is 6.92 Å². The van der Waals surface area contributed by atoms with E-state index in [0.717, 1.165) is 31.9 Å². The SMILES string of the molecule is C#CCCC(NCC)C(OCC)C1CC1. The molecule has 0 aromatic heterocycles. The van der Waals surface area contributed by atoms with Crippen molar-refractivity contribution < 1.29 is 4.74 Å². The normalized spacial score (nSPS) is 19.5. The fourth-order valence-corrected chi connectivity index (χ4v) is 2.08. The zero-order chi connectivity index (χ0) is 11.1. The summed E-state index contributed by atoms with van der Waals surface area (Å²) < 4.78 is 5.85. The maximum absolute atomic E-state index is 5.85. The van der Waals surface area contributed by atoms with Crippen LogP contribution in [0.4, 0.5) is 0 Å². The monoisotopic (exact) mass is 209 g/mol. The second-order valence-electron chi connectivity index (χ2n) is 4.16. The molecule has 0 aromatic carbocycles. The number of hydrogen-bond acceptors (Lipinski definition) is 2. The van der Waals surface area contributed by atoms with Crippen LogP contribution < -0.4 is 5.32 Å². The Labute approximate surface area is 93.8 Å². The molecule has 0 heterocycles. The number of hydrogen-bond donors (Lipinski definition) is 1. The first-order valence-corrected chi connectivity index (χ1v) is 6.11. The van der Waals surface area contributed by atoms with Crippen molar-refractivity contribution in [1.82, 2.24) is 5.32 Å². The fraction of sp³-hybridized carbons (Fsp3) is 0.846. The molecule has 1 saturated carbocycles. The quantitative estimate of drug-likeness (QED) is 0.619. The van der Waals surface area contributed by atoms with Crippen molar-refractivity contribution in [2.75, 3.05) is 13.2 Å². The molecule has 0 aliphatic heterocycles. The highest BCUT2D eigenvalue weighted by molar-refractivity contribution is 4.93. The molecule has 2 atom stereocenters. The highest BCUT2D eigenvalue weighted by Crippen LogP contribution is 2.36. The summed E-state index contributed by atoms with van der Waals surface area (Å²) in [5.41, 5.74) is 0. The van der Waals surface area contributed by atoms with Crippen LogP contribution in [0.3, 0.4) is 0 Å². The van der Waals surface area contributed by atoms with Gasteiger partial charge in [-0.05, 0) is 38.6 Å². The summed E-state index contributed by atoms with van der Waals surface area (Å²) in [6.07, 6.45) is 10.2. The van der Waals surface area contributed by atoms with E-state index in [-0.39, 0.29) is 0 Å². The number of terminal acetylenes is 1. The van der Waals surface area contributed by atoms with Crippen LogP contribution in [-0.2, 0) is 4.74 Å². The Morgan fingerprint density at radius 3 is 2.67 bits per heavy atom. The van der Waals surface area contributed by atoms with Crippen molar-refractivity contribution in [2.24, 2.45) is 5.92 Å². The van der Waals surface area contributed by atoms with E-state index in [1.54, 1.807) is 0 Å². The third-order valence-electron chi connectivity index (χ3n) is 2.91. The molecule has 15 heavy (non-hydrogen) atoms. The van der Waals surface area contributed by atoms with Gasteiger partial charge in [-0.2, -0.15) is 0 Å². The lowest BCUT2D eigenvalue weighted by Gasteiger charge is -2.27. The molecule has 1 rings (SSSR count). The zero-order valence-corrected chi connectivity index (χ0v) is 9.96. The predicted molar refractivity (Wildman–Crippen MR) is 63.7 cm³/mol. The third kappa shape index (κ3) is 4.24. The Bertz CT molecular complexity index is 205. The molecule has 1 N–H and O–H groups in total. The molecule has 1 aliphatic rings. The van der Waals surface area contributed by atoms with Gasteiger partial charge in [0.25, 0.3) is 0 Å². The Balaban J connectivity index is 2.44. The van der Waals surface area contributed by atoms with Gasteiger partial charge in [-0.15, -0.1) is 12.3 Å². The Morgan fingerprint density at radius 1 is 1.47 bits per heavy atom. The van der Waals surface area contributed by atoms with Crippen LogP contribution in [0.25, 0.3) is 0 Å². The zero-order valence-electron chi connectivity index (χ0n) is 9.96. The molecule has 2 heteroatoms. The molecule has 0 amide bonds. The summed E-state index contributed by atoms with van der Waals surface area (Å²) in [5, 5.41) is 3.50. The van der Waals surface area contributed by atoms with E-state index >= 15 is 0 Å². The number of nitrogens with one attached hydrogen (secondary N) is 1. The van der Waals surface area contributed by atoms with Crippen molar-refractivity contribution in [3.63, 3.8) is 0 Å². The van der Waals surface area contributed by atoms with Crippen LogP contribution in [0, 0.1) is 18.3 Å². The minimum atomic E-state index is 0.378. The summed E-state index contributed by atoms with van der Waals surface area (Å²) in [6, 6.07) is 0.443. The van der Waals surface area contributed by atoms with Gasteiger partial charge in [-0.3, -0.25) is 0 Å². The van der Waals surface area contributed by atoms with E-state index < -0.39 is 0 Å². The van der Waals surface area contributed by atoms with Crippen LogP contribution >= 0.6 is 0 Å². The maximum Gasteiger partial charge on any atom is 0.0756 e. The van der Waals surface area contributed by atoms with Gasteiger partial charge in [0.05, 0.1) is 6.10 Å². The van der Waals surface area contributed by atoms with E-state index in [4.69, 9.17) is 11.2 Å². The van der Waals surface area contributed by atoms with Crippen molar-refractivity contribution in [3.8, 4) is 12.3 Å². The summed E-state index contributed by atoms with van der Waals surface area (Å²) >= 11 is 0. The van der Waals surface area contributed by atoms with Crippen LogP contribution in [0.1, 0.15) is 39.5 Å². The Morgan fingerprint density at radius 2 is 2.20 bits per heavy atom. The van der Waals surface area contributed by atoms with Gasteiger partial charge >= 0.3 is 0 Å². The molecule has 0 spiro atoms. The van der Waals surface area contributed by atoms with Crippen molar-refractivity contribution in [1.29, 1.82) is 0 Å². The molecule has 86 valence electrons.